The van der Waals surface area contributed by atoms with Gasteiger partial charge in [-0.05, 0) is 25.2 Å². The zero-order chi connectivity index (χ0) is 9.56. The van der Waals surface area contributed by atoms with Crippen molar-refractivity contribution < 1.29 is 4.74 Å². The second-order valence-corrected chi connectivity index (χ2v) is 3.84. The van der Waals surface area contributed by atoms with Crippen molar-refractivity contribution in [3.63, 3.8) is 0 Å². The quantitative estimate of drug-likeness (QED) is 0.667. The van der Waals surface area contributed by atoms with Crippen LogP contribution in [-0.4, -0.2) is 19.3 Å². The van der Waals surface area contributed by atoms with E-state index in [0.717, 1.165) is 12.5 Å². The van der Waals surface area contributed by atoms with Crippen molar-refractivity contribution in [1.29, 1.82) is 0 Å². The van der Waals surface area contributed by atoms with E-state index < -0.39 is 0 Å². The van der Waals surface area contributed by atoms with Crippen LogP contribution in [0.4, 0.5) is 0 Å². The summed E-state index contributed by atoms with van der Waals surface area (Å²) in [6.45, 7) is 10.1. The molecule has 0 spiro atoms. The van der Waals surface area contributed by atoms with E-state index in [0.29, 0.717) is 12.5 Å². The summed E-state index contributed by atoms with van der Waals surface area (Å²) in [5.74, 6) is 1.31. The van der Waals surface area contributed by atoms with Gasteiger partial charge >= 0.3 is 0 Å². The number of nitrogens with two attached hydrogens (primary N) is 1. The second kappa shape index (κ2) is 6.44. The third-order valence-corrected chi connectivity index (χ3v) is 2.09. The molecule has 0 aliphatic heterocycles. The minimum atomic E-state index is 0.248. The van der Waals surface area contributed by atoms with E-state index in [9.17, 15) is 0 Å². The molecule has 0 aliphatic carbocycles. The molecule has 2 nitrogen and oxygen atoms in total. The minimum Gasteiger partial charge on any atom is -0.377 e. The largest absolute Gasteiger partial charge is 0.377 e. The molecule has 0 amide bonds. The van der Waals surface area contributed by atoms with Crippen LogP contribution in [0.15, 0.2) is 0 Å². The SMILES string of the molecule is CCOC(CN)C(C)CC(C)C. The topological polar surface area (TPSA) is 35.2 Å². The van der Waals surface area contributed by atoms with Crippen molar-refractivity contribution in [3.8, 4) is 0 Å². The molecule has 2 unspecified atom stereocenters. The van der Waals surface area contributed by atoms with Crippen molar-refractivity contribution >= 4 is 0 Å². The van der Waals surface area contributed by atoms with Gasteiger partial charge < -0.3 is 10.5 Å². The summed E-state index contributed by atoms with van der Waals surface area (Å²) < 4.78 is 5.53. The fraction of sp³-hybridized carbons (Fsp3) is 1.00. The highest BCUT2D eigenvalue weighted by atomic mass is 16.5. The predicted octanol–water partition coefficient (Wildman–Crippen LogP) is 2.03. The molecule has 0 aliphatic rings. The first kappa shape index (κ1) is 11.9. The summed E-state index contributed by atoms with van der Waals surface area (Å²) in [5, 5.41) is 0. The minimum absolute atomic E-state index is 0.248. The molecule has 74 valence electrons. The number of hydrogen-bond donors (Lipinski definition) is 1. The van der Waals surface area contributed by atoms with Gasteiger partial charge in [0.05, 0.1) is 6.10 Å². The highest BCUT2D eigenvalue weighted by molar-refractivity contribution is 4.68. The number of rotatable bonds is 6. The van der Waals surface area contributed by atoms with Gasteiger partial charge in [-0.2, -0.15) is 0 Å². The second-order valence-electron chi connectivity index (χ2n) is 3.84. The van der Waals surface area contributed by atoms with Gasteiger partial charge in [-0.15, -0.1) is 0 Å². The van der Waals surface area contributed by atoms with E-state index >= 15 is 0 Å². The lowest BCUT2D eigenvalue weighted by molar-refractivity contribution is 0.0253. The summed E-state index contributed by atoms with van der Waals surface area (Å²) in [4.78, 5) is 0. The van der Waals surface area contributed by atoms with Crippen LogP contribution >= 0.6 is 0 Å². The van der Waals surface area contributed by atoms with Crippen molar-refractivity contribution in [3.05, 3.63) is 0 Å². The van der Waals surface area contributed by atoms with E-state index in [1.54, 1.807) is 0 Å². The molecule has 0 aromatic heterocycles. The predicted molar refractivity (Wildman–Crippen MR) is 53.1 cm³/mol. The first-order valence-corrected chi connectivity index (χ1v) is 4.93. The molecule has 0 aromatic carbocycles. The smallest absolute Gasteiger partial charge is 0.0722 e. The summed E-state index contributed by atoms with van der Waals surface area (Å²) in [6, 6.07) is 0. The normalized spacial score (nSPS) is 16.5. The Morgan fingerprint density at radius 1 is 1.25 bits per heavy atom. The summed E-state index contributed by atoms with van der Waals surface area (Å²) in [7, 11) is 0. The van der Waals surface area contributed by atoms with Crippen molar-refractivity contribution in [2.45, 2.75) is 40.2 Å². The van der Waals surface area contributed by atoms with Crippen molar-refractivity contribution in [1.82, 2.24) is 0 Å². The molecule has 0 heterocycles. The van der Waals surface area contributed by atoms with Gasteiger partial charge in [-0.1, -0.05) is 20.8 Å². The summed E-state index contributed by atoms with van der Waals surface area (Å²) in [6.07, 6.45) is 1.44. The number of hydrogen-bond acceptors (Lipinski definition) is 2. The van der Waals surface area contributed by atoms with Crippen LogP contribution in [-0.2, 0) is 4.74 Å². The van der Waals surface area contributed by atoms with Gasteiger partial charge in [0, 0.05) is 13.2 Å². The van der Waals surface area contributed by atoms with Crippen LogP contribution in [0.2, 0.25) is 0 Å². The molecule has 2 atom stereocenters. The first-order chi connectivity index (χ1) is 5.61. The average Bonchev–Trinajstić information content (AvgIpc) is 1.98. The Balaban J connectivity index is 3.76. The maximum Gasteiger partial charge on any atom is 0.0722 e. The molecule has 0 aromatic rings. The zero-order valence-corrected chi connectivity index (χ0v) is 8.84. The monoisotopic (exact) mass is 173 g/mol. The maximum atomic E-state index is 5.61. The molecule has 0 fully saturated rings. The van der Waals surface area contributed by atoms with Crippen LogP contribution in [0.25, 0.3) is 0 Å². The number of ether oxygens (including phenoxy) is 1. The van der Waals surface area contributed by atoms with Crippen LogP contribution < -0.4 is 5.73 Å². The van der Waals surface area contributed by atoms with Crippen molar-refractivity contribution in [2.24, 2.45) is 17.6 Å². The first-order valence-electron chi connectivity index (χ1n) is 4.93. The third-order valence-electron chi connectivity index (χ3n) is 2.09. The Hall–Kier alpha value is -0.0800. The molecule has 0 saturated carbocycles. The Morgan fingerprint density at radius 2 is 1.83 bits per heavy atom. The lowest BCUT2D eigenvalue weighted by Crippen LogP contribution is -2.31. The van der Waals surface area contributed by atoms with Gasteiger partial charge in [0.25, 0.3) is 0 Å². The maximum absolute atomic E-state index is 5.61. The fourth-order valence-electron chi connectivity index (χ4n) is 1.57. The van der Waals surface area contributed by atoms with E-state index in [4.69, 9.17) is 10.5 Å². The highest BCUT2D eigenvalue weighted by Crippen LogP contribution is 2.16. The summed E-state index contributed by atoms with van der Waals surface area (Å²) >= 11 is 0. The van der Waals surface area contributed by atoms with Gasteiger partial charge in [-0.3, -0.25) is 0 Å². The Morgan fingerprint density at radius 3 is 2.17 bits per heavy atom. The molecule has 2 N–H and O–H groups in total. The molecular formula is C10H23NO. The molecule has 0 saturated heterocycles. The van der Waals surface area contributed by atoms with Gasteiger partial charge in [0.15, 0.2) is 0 Å². The molecular weight excluding hydrogens is 150 g/mol. The molecule has 0 rings (SSSR count). The van der Waals surface area contributed by atoms with Crippen LogP contribution in [0.3, 0.4) is 0 Å². The Kier molecular flexibility index (Phi) is 6.39. The average molecular weight is 173 g/mol. The third kappa shape index (κ3) is 4.73. The zero-order valence-electron chi connectivity index (χ0n) is 8.84. The van der Waals surface area contributed by atoms with Gasteiger partial charge in [0.2, 0.25) is 0 Å². The van der Waals surface area contributed by atoms with Crippen LogP contribution in [0.5, 0.6) is 0 Å². The molecule has 2 heteroatoms. The lowest BCUT2D eigenvalue weighted by atomic mass is 9.94. The van der Waals surface area contributed by atoms with E-state index in [2.05, 4.69) is 20.8 Å². The van der Waals surface area contributed by atoms with E-state index in [-0.39, 0.29) is 6.10 Å². The standard InChI is InChI=1S/C10H23NO/c1-5-12-10(7-11)9(4)6-8(2)3/h8-10H,5-7,11H2,1-4H3. The highest BCUT2D eigenvalue weighted by Gasteiger charge is 2.16. The lowest BCUT2D eigenvalue weighted by Gasteiger charge is -2.23. The van der Waals surface area contributed by atoms with E-state index in [1.165, 1.54) is 6.42 Å². The van der Waals surface area contributed by atoms with Crippen LogP contribution in [0, 0.1) is 11.8 Å². The Labute approximate surface area is 76.5 Å². The molecule has 0 radical (unpaired) electrons. The Bertz CT molecular complexity index is 104. The molecule has 12 heavy (non-hydrogen) atoms. The van der Waals surface area contributed by atoms with Gasteiger partial charge in [0.1, 0.15) is 0 Å². The summed E-state index contributed by atoms with van der Waals surface area (Å²) in [5.41, 5.74) is 5.61. The van der Waals surface area contributed by atoms with Gasteiger partial charge in [-0.25, -0.2) is 0 Å². The van der Waals surface area contributed by atoms with Crippen LogP contribution in [0.1, 0.15) is 34.1 Å². The molecule has 0 bridgehead atoms. The van der Waals surface area contributed by atoms with Crippen molar-refractivity contribution in [2.75, 3.05) is 13.2 Å². The fourth-order valence-corrected chi connectivity index (χ4v) is 1.57. The van der Waals surface area contributed by atoms with E-state index in [1.807, 2.05) is 6.92 Å².